The van der Waals surface area contributed by atoms with E-state index in [9.17, 15) is 4.79 Å². The molecule has 2 heterocycles. The number of oxime groups is 1. The Morgan fingerprint density at radius 3 is 2.38 bits per heavy atom. The van der Waals surface area contributed by atoms with Crippen LogP contribution in [0.2, 0.25) is 15.1 Å². The van der Waals surface area contributed by atoms with Gasteiger partial charge in [0.25, 0.3) is 0 Å². The molecule has 2 aromatic carbocycles. The number of rotatable bonds is 5. The van der Waals surface area contributed by atoms with Crippen LogP contribution in [0.25, 0.3) is 0 Å². The summed E-state index contributed by atoms with van der Waals surface area (Å²) in [4.78, 5) is 18.5. The van der Waals surface area contributed by atoms with Crippen LogP contribution in [0, 0.1) is 5.41 Å². The number of hydrogen-bond acceptors (Lipinski definition) is 4. The van der Waals surface area contributed by atoms with Crippen molar-refractivity contribution in [3.63, 3.8) is 0 Å². The number of carbonyl (C=O) groups is 1. The second kappa shape index (κ2) is 7.81. The lowest BCUT2D eigenvalue weighted by Gasteiger charge is -2.37. The van der Waals surface area contributed by atoms with E-state index in [4.69, 9.17) is 39.6 Å². The SMILES string of the molecule is CC1(CC(=O)c2ccc(C3=NO[C@](C)(c4cc(Cl)cc(Cl)c4)C3)cc2Cl)CSC1. The Labute approximate surface area is 189 Å². The fourth-order valence-electron chi connectivity index (χ4n) is 3.66. The molecule has 7 heteroatoms. The van der Waals surface area contributed by atoms with E-state index in [2.05, 4.69) is 12.1 Å². The lowest BCUT2D eigenvalue weighted by Crippen LogP contribution is -2.34. The van der Waals surface area contributed by atoms with Gasteiger partial charge < -0.3 is 4.84 Å². The Balaban J connectivity index is 1.52. The maximum atomic E-state index is 12.7. The largest absolute Gasteiger partial charge is 0.384 e. The molecule has 0 radical (unpaired) electrons. The summed E-state index contributed by atoms with van der Waals surface area (Å²) in [5.41, 5.74) is 2.46. The first kappa shape index (κ1) is 21.0. The number of nitrogens with zero attached hydrogens (tertiary/aromatic N) is 1. The van der Waals surface area contributed by atoms with Crippen molar-refractivity contribution in [1.29, 1.82) is 0 Å². The van der Waals surface area contributed by atoms with Gasteiger partial charge in [0.05, 0.1) is 10.7 Å². The fraction of sp³-hybridized carbons (Fsp3) is 0.364. The predicted molar refractivity (Wildman–Crippen MR) is 122 cm³/mol. The van der Waals surface area contributed by atoms with E-state index < -0.39 is 5.60 Å². The number of Topliss-reactive ketones (excluding diaryl/α,β-unsaturated/α-hetero) is 1. The van der Waals surface area contributed by atoms with Crippen LogP contribution in [0.3, 0.4) is 0 Å². The third-order valence-corrected chi connectivity index (χ3v) is 7.98. The van der Waals surface area contributed by atoms with Crippen LogP contribution in [-0.4, -0.2) is 23.0 Å². The van der Waals surface area contributed by atoms with Crippen LogP contribution in [0.5, 0.6) is 0 Å². The molecule has 2 aromatic rings. The monoisotopic (exact) mass is 467 g/mol. The minimum Gasteiger partial charge on any atom is -0.384 e. The third-order valence-electron chi connectivity index (χ3n) is 5.43. The number of halogens is 3. The van der Waals surface area contributed by atoms with Gasteiger partial charge in [-0.25, -0.2) is 0 Å². The number of benzene rings is 2. The summed E-state index contributed by atoms with van der Waals surface area (Å²) < 4.78 is 0. The number of carbonyl (C=O) groups excluding carboxylic acids is 1. The van der Waals surface area contributed by atoms with Crippen LogP contribution in [0.1, 0.15) is 48.2 Å². The molecular formula is C22H20Cl3NO2S. The molecule has 2 aliphatic rings. The molecule has 29 heavy (non-hydrogen) atoms. The highest BCUT2D eigenvalue weighted by atomic mass is 35.5. The van der Waals surface area contributed by atoms with Gasteiger partial charge in [-0.3, -0.25) is 4.79 Å². The molecule has 1 atom stereocenters. The Morgan fingerprint density at radius 2 is 1.79 bits per heavy atom. The molecule has 1 fully saturated rings. The lowest BCUT2D eigenvalue weighted by atomic mass is 9.85. The normalized spacial score (nSPS) is 22.6. The Morgan fingerprint density at radius 1 is 1.10 bits per heavy atom. The molecule has 4 rings (SSSR count). The van der Waals surface area contributed by atoms with Gasteiger partial charge in [-0.05, 0) is 54.2 Å². The highest BCUT2D eigenvalue weighted by Crippen LogP contribution is 2.42. The van der Waals surface area contributed by atoms with Crippen molar-refractivity contribution in [2.45, 2.75) is 32.3 Å². The van der Waals surface area contributed by atoms with Gasteiger partial charge in [0.2, 0.25) is 0 Å². The third kappa shape index (κ3) is 4.32. The van der Waals surface area contributed by atoms with Gasteiger partial charge in [-0.2, -0.15) is 11.8 Å². The molecule has 0 N–H and O–H groups in total. The molecule has 0 aliphatic carbocycles. The van der Waals surface area contributed by atoms with Crippen molar-refractivity contribution in [2.75, 3.05) is 11.5 Å². The minimum absolute atomic E-state index is 0.0902. The van der Waals surface area contributed by atoms with Gasteiger partial charge in [0.1, 0.15) is 0 Å². The Kier molecular flexibility index (Phi) is 5.67. The van der Waals surface area contributed by atoms with Gasteiger partial charge >= 0.3 is 0 Å². The maximum absolute atomic E-state index is 12.7. The summed E-state index contributed by atoms with van der Waals surface area (Å²) >= 11 is 20.6. The quantitative estimate of drug-likeness (QED) is 0.443. The van der Waals surface area contributed by atoms with Gasteiger partial charge in [-0.1, -0.05) is 52.9 Å². The molecule has 2 aliphatic heterocycles. The highest BCUT2D eigenvalue weighted by Gasteiger charge is 2.38. The summed E-state index contributed by atoms with van der Waals surface area (Å²) in [6, 6.07) is 10.8. The lowest BCUT2D eigenvalue weighted by molar-refractivity contribution is -0.00737. The molecule has 0 saturated carbocycles. The Bertz CT molecular complexity index is 999. The van der Waals surface area contributed by atoms with E-state index in [0.717, 1.165) is 28.3 Å². The predicted octanol–water partition coefficient (Wildman–Crippen LogP) is 7.01. The topological polar surface area (TPSA) is 38.7 Å². The fourth-order valence-corrected chi connectivity index (χ4v) is 5.58. The molecule has 0 aromatic heterocycles. The van der Waals surface area contributed by atoms with Crippen molar-refractivity contribution in [3.05, 3.63) is 68.2 Å². The van der Waals surface area contributed by atoms with Crippen molar-refractivity contribution >= 4 is 58.1 Å². The zero-order chi connectivity index (χ0) is 20.8. The van der Waals surface area contributed by atoms with Gasteiger partial charge in [-0.15, -0.1) is 0 Å². The first-order valence-electron chi connectivity index (χ1n) is 9.30. The van der Waals surface area contributed by atoms with Crippen LogP contribution < -0.4 is 0 Å². The standard InChI is InChI=1S/C22H20Cl3NO2S/c1-21(11-29-12-21)10-20(27)17-4-3-13(5-18(17)25)19-9-22(2,28-26-19)14-6-15(23)8-16(24)7-14/h3-8H,9-12H2,1-2H3/t22-/m0/s1. The molecule has 0 bridgehead atoms. The van der Waals surface area contributed by atoms with Gasteiger partial charge in [0, 0.05) is 39.6 Å². The number of hydrogen-bond donors (Lipinski definition) is 0. The summed E-state index contributed by atoms with van der Waals surface area (Å²) in [5.74, 6) is 2.14. The molecule has 3 nitrogen and oxygen atoms in total. The van der Waals surface area contributed by atoms with Crippen LogP contribution in [-0.2, 0) is 10.4 Å². The molecule has 0 spiro atoms. The van der Waals surface area contributed by atoms with E-state index in [0.29, 0.717) is 33.5 Å². The summed E-state index contributed by atoms with van der Waals surface area (Å²) in [6.45, 7) is 4.10. The van der Waals surface area contributed by atoms with E-state index in [1.807, 2.05) is 36.9 Å². The minimum atomic E-state index is -0.665. The number of ketones is 1. The summed E-state index contributed by atoms with van der Waals surface area (Å²) in [6.07, 6.45) is 1.07. The first-order valence-corrected chi connectivity index (χ1v) is 11.6. The molecular weight excluding hydrogens is 449 g/mol. The van der Waals surface area contributed by atoms with Crippen molar-refractivity contribution in [2.24, 2.45) is 10.6 Å². The zero-order valence-corrected chi connectivity index (χ0v) is 19.2. The van der Waals surface area contributed by atoms with Crippen LogP contribution in [0.4, 0.5) is 0 Å². The van der Waals surface area contributed by atoms with E-state index in [1.165, 1.54) is 0 Å². The van der Waals surface area contributed by atoms with Crippen molar-refractivity contribution in [3.8, 4) is 0 Å². The summed E-state index contributed by atoms with van der Waals surface area (Å²) in [5, 5.41) is 5.83. The van der Waals surface area contributed by atoms with Gasteiger partial charge in [0.15, 0.2) is 11.4 Å². The zero-order valence-electron chi connectivity index (χ0n) is 16.1. The summed E-state index contributed by atoms with van der Waals surface area (Å²) in [7, 11) is 0. The van der Waals surface area contributed by atoms with Crippen molar-refractivity contribution in [1.82, 2.24) is 0 Å². The second-order valence-corrected chi connectivity index (χ2v) is 10.6. The molecule has 0 amide bonds. The maximum Gasteiger partial charge on any atom is 0.165 e. The van der Waals surface area contributed by atoms with Crippen LogP contribution in [0.15, 0.2) is 41.6 Å². The molecule has 1 saturated heterocycles. The average Bonchev–Trinajstić information content (AvgIpc) is 3.03. The smallest absolute Gasteiger partial charge is 0.165 e. The Hall–Kier alpha value is -1.20. The van der Waals surface area contributed by atoms with E-state index >= 15 is 0 Å². The van der Waals surface area contributed by atoms with Crippen molar-refractivity contribution < 1.29 is 9.63 Å². The first-order chi connectivity index (χ1) is 13.7. The van der Waals surface area contributed by atoms with Crippen LogP contribution >= 0.6 is 46.6 Å². The average molecular weight is 469 g/mol. The number of thioether (sulfide) groups is 1. The molecule has 0 unspecified atom stereocenters. The van der Waals surface area contributed by atoms with E-state index in [-0.39, 0.29) is 11.2 Å². The highest BCUT2D eigenvalue weighted by molar-refractivity contribution is 8.00. The van der Waals surface area contributed by atoms with E-state index in [1.54, 1.807) is 18.2 Å². The second-order valence-electron chi connectivity index (χ2n) is 8.29. The molecule has 152 valence electrons.